The van der Waals surface area contributed by atoms with Gasteiger partial charge in [0.2, 0.25) is 11.8 Å². The molecular weight excluding hydrogens is 454 g/mol. The summed E-state index contributed by atoms with van der Waals surface area (Å²) < 4.78 is 0. The Morgan fingerprint density at radius 3 is 2.18 bits per heavy atom. The number of hydrogen-bond acceptors (Lipinski definition) is 5. The fraction of sp³-hybridized carbons (Fsp3) is 0.240. The summed E-state index contributed by atoms with van der Waals surface area (Å²) in [7, 11) is 0. The average Bonchev–Trinajstić information content (AvgIpc) is 3.36. The summed E-state index contributed by atoms with van der Waals surface area (Å²) in [6.45, 7) is 0.284. The molecule has 8 heteroatoms. The van der Waals surface area contributed by atoms with Crippen molar-refractivity contribution in [1.29, 1.82) is 0 Å². The Kier molecular flexibility index (Phi) is 9.09. The lowest BCUT2D eigenvalue weighted by Gasteiger charge is -2.32. The van der Waals surface area contributed by atoms with Gasteiger partial charge in [-0.3, -0.25) is 14.4 Å². The van der Waals surface area contributed by atoms with Gasteiger partial charge in [-0.05, 0) is 34.7 Å². The fourth-order valence-electron chi connectivity index (χ4n) is 3.39. The summed E-state index contributed by atoms with van der Waals surface area (Å²) >= 11 is 2.91. The molecule has 0 saturated heterocycles. The third kappa shape index (κ3) is 7.47. The van der Waals surface area contributed by atoms with Gasteiger partial charge in [0.25, 0.3) is 5.91 Å². The molecule has 0 aliphatic rings. The van der Waals surface area contributed by atoms with Crippen LogP contribution in [0.4, 0.5) is 0 Å². The molecule has 0 spiro atoms. The largest absolute Gasteiger partial charge is 0.370 e. The van der Waals surface area contributed by atoms with Gasteiger partial charge in [-0.25, -0.2) is 0 Å². The van der Waals surface area contributed by atoms with Crippen LogP contribution in [0.2, 0.25) is 0 Å². The van der Waals surface area contributed by atoms with Crippen molar-refractivity contribution in [2.24, 2.45) is 5.73 Å². The van der Waals surface area contributed by atoms with Crippen molar-refractivity contribution in [1.82, 2.24) is 10.6 Å². The fourth-order valence-corrected chi connectivity index (χ4v) is 5.07. The molecule has 3 amide bonds. The van der Waals surface area contributed by atoms with Crippen LogP contribution in [0.15, 0.2) is 78.2 Å². The highest BCUT2D eigenvalue weighted by atomic mass is 32.2. The molecule has 0 radical (unpaired) electrons. The zero-order valence-corrected chi connectivity index (χ0v) is 19.8. The number of thiophene rings is 1. The molecule has 3 aromatic rings. The first-order valence-corrected chi connectivity index (χ1v) is 12.6. The Hall–Kier alpha value is -3.10. The molecule has 2 aromatic carbocycles. The molecule has 1 aromatic heterocycles. The highest BCUT2D eigenvalue weighted by molar-refractivity contribution is 7.98. The second-order valence-electron chi connectivity index (χ2n) is 7.61. The Morgan fingerprint density at radius 2 is 1.58 bits per heavy atom. The number of thioether (sulfide) groups is 1. The molecule has 6 nitrogen and oxygen atoms in total. The van der Waals surface area contributed by atoms with E-state index in [1.165, 1.54) is 16.9 Å². The third-order valence-corrected chi connectivity index (χ3v) is 6.99. The third-order valence-electron chi connectivity index (χ3n) is 5.09. The number of nitrogens with two attached hydrogens (primary N) is 1. The first kappa shape index (κ1) is 24.5. The molecule has 1 heterocycles. The Morgan fingerprint density at radius 1 is 0.909 bits per heavy atom. The number of benzene rings is 2. The van der Waals surface area contributed by atoms with E-state index < -0.39 is 23.3 Å². The minimum absolute atomic E-state index is 0.269. The molecule has 172 valence electrons. The summed E-state index contributed by atoms with van der Waals surface area (Å²) in [5.74, 6) is -0.141. The van der Waals surface area contributed by atoms with Gasteiger partial charge < -0.3 is 16.4 Å². The maximum absolute atomic E-state index is 13.4. The van der Waals surface area contributed by atoms with Crippen molar-refractivity contribution in [3.8, 4) is 0 Å². The minimum atomic E-state index is -1.44. The van der Waals surface area contributed by atoms with E-state index in [1.807, 2.05) is 60.7 Å². The van der Waals surface area contributed by atoms with Crippen LogP contribution in [0, 0.1) is 0 Å². The van der Waals surface area contributed by atoms with E-state index in [4.69, 9.17) is 5.73 Å². The zero-order valence-electron chi connectivity index (χ0n) is 18.2. The van der Waals surface area contributed by atoms with Gasteiger partial charge in [0.05, 0.1) is 11.3 Å². The van der Waals surface area contributed by atoms with Gasteiger partial charge in [-0.2, -0.15) is 11.8 Å². The maximum atomic E-state index is 13.4. The first-order valence-electron chi connectivity index (χ1n) is 10.6. The van der Waals surface area contributed by atoms with Crippen LogP contribution < -0.4 is 16.4 Å². The van der Waals surface area contributed by atoms with Crippen LogP contribution in [-0.4, -0.2) is 29.0 Å². The molecule has 0 bridgehead atoms. The Bertz CT molecular complexity index is 1040. The van der Waals surface area contributed by atoms with Crippen LogP contribution in [0.1, 0.15) is 33.6 Å². The van der Waals surface area contributed by atoms with Gasteiger partial charge in [0.1, 0.15) is 5.54 Å². The number of carbonyl (C=O) groups is 3. The second kappa shape index (κ2) is 12.2. The van der Waals surface area contributed by atoms with Crippen LogP contribution in [0.25, 0.3) is 0 Å². The predicted octanol–water partition coefficient (Wildman–Crippen LogP) is 3.73. The maximum Gasteiger partial charge on any atom is 0.262 e. The first-order chi connectivity index (χ1) is 16.0. The lowest BCUT2D eigenvalue weighted by atomic mass is 9.89. The predicted molar refractivity (Wildman–Crippen MR) is 134 cm³/mol. The summed E-state index contributed by atoms with van der Waals surface area (Å²) in [6.07, 6.45) is -0.0121. The molecule has 0 saturated carbocycles. The second-order valence-corrected chi connectivity index (χ2v) is 9.67. The van der Waals surface area contributed by atoms with Crippen LogP contribution in [0.5, 0.6) is 0 Å². The summed E-state index contributed by atoms with van der Waals surface area (Å²) in [5.41, 5.74) is 6.18. The van der Waals surface area contributed by atoms with Gasteiger partial charge >= 0.3 is 0 Å². The normalized spacial score (nSPS) is 12.5. The minimum Gasteiger partial charge on any atom is -0.370 e. The van der Waals surface area contributed by atoms with E-state index in [2.05, 4.69) is 10.6 Å². The lowest BCUT2D eigenvalue weighted by Crippen LogP contribution is -2.60. The van der Waals surface area contributed by atoms with E-state index in [1.54, 1.807) is 29.3 Å². The van der Waals surface area contributed by atoms with Gasteiger partial charge in [-0.1, -0.05) is 66.7 Å². The highest BCUT2D eigenvalue weighted by Crippen LogP contribution is 2.23. The van der Waals surface area contributed by atoms with E-state index >= 15 is 0 Å². The molecule has 4 N–H and O–H groups in total. The molecule has 1 unspecified atom stereocenters. The number of hydrogen-bond donors (Lipinski definition) is 3. The molecule has 0 aliphatic heterocycles. The summed E-state index contributed by atoms with van der Waals surface area (Å²) in [4.78, 5) is 38.8. The van der Waals surface area contributed by atoms with Crippen molar-refractivity contribution in [3.63, 3.8) is 0 Å². The average molecular weight is 482 g/mol. The van der Waals surface area contributed by atoms with Crippen molar-refractivity contribution in [3.05, 3.63) is 94.2 Å². The Labute approximate surface area is 202 Å². The van der Waals surface area contributed by atoms with Crippen LogP contribution >= 0.6 is 23.1 Å². The van der Waals surface area contributed by atoms with Crippen LogP contribution in [-0.2, 0) is 21.9 Å². The van der Waals surface area contributed by atoms with E-state index in [0.717, 1.165) is 11.3 Å². The molecular formula is C25H27N3O3S2. The van der Waals surface area contributed by atoms with Gasteiger partial charge in [0.15, 0.2) is 0 Å². The summed E-state index contributed by atoms with van der Waals surface area (Å²) in [6, 6.07) is 22.9. The van der Waals surface area contributed by atoms with Crippen molar-refractivity contribution in [2.75, 3.05) is 5.75 Å². The molecule has 0 fully saturated rings. The highest BCUT2D eigenvalue weighted by Gasteiger charge is 2.41. The molecule has 1 atom stereocenters. The van der Waals surface area contributed by atoms with E-state index in [-0.39, 0.29) is 19.4 Å². The number of amides is 3. The molecule has 3 rings (SSSR count). The quantitative estimate of drug-likeness (QED) is 0.343. The van der Waals surface area contributed by atoms with Crippen molar-refractivity contribution < 1.29 is 14.4 Å². The number of nitrogens with one attached hydrogen (secondary N) is 2. The van der Waals surface area contributed by atoms with E-state index in [0.29, 0.717) is 10.6 Å². The van der Waals surface area contributed by atoms with E-state index in [9.17, 15) is 14.4 Å². The monoisotopic (exact) mass is 481 g/mol. The standard InChI is InChI=1S/C25H27N3O3S2/c26-22(29)16-25(28-23(30)21-12-7-14-33-21,13-15-32-18-20-10-5-2-6-11-20)24(31)27-17-19-8-3-1-4-9-19/h1-12,14H,13,15-18H2,(H2,26,29)(H,27,31)(H,28,30). The van der Waals surface area contributed by atoms with Crippen molar-refractivity contribution in [2.45, 2.75) is 30.7 Å². The SMILES string of the molecule is NC(=O)CC(CCSCc1ccccc1)(NC(=O)c1cccs1)C(=O)NCc1ccccc1. The smallest absolute Gasteiger partial charge is 0.262 e. The topological polar surface area (TPSA) is 101 Å². The number of primary amides is 1. The summed E-state index contributed by atoms with van der Waals surface area (Å²) in [5, 5.41) is 7.52. The Balaban J connectivity index is 1.76. The van der Waals surface area contributed by atoms with Gasteiger partial charge in [0, 0.05) is 12.3 Å². The molecule has 33 heavy (non-hydrogen) atoms. The van der Waals surface area contributed by atoms with Crippen molar-refractivity contribution >= 4 is 40.8 Å². The number of rotatable bonds is 12. The zero-order chi connectivity index (χ0) is 23.5. The molecule has 0 aliphatic carbocycles. The van der Waals surface area contributed by atoms with Gasteiger partial charge in [-0.15, -0.1) is 11.3 Å². The number of carbonyl (C=O) groups excluding carboxylic acids is 3. The lowest BCUT2D eigenvalue weighted by molar-refractivity contribution is -0.131. The van der Waals surface area contributed by atoms with Crippen LogP contribution in [0.3, 0.4) is 0 Å².